The van der Waals surface area contributed by atoms with Gasteiger partial charge in [-0.05, 0) is 36.5 Å². The molecule has 0 aliphatic carbocycles. The molecule has 0 aliphatic heterocycles. The minimum Gasteiger partial charge on any atom is -0.193 e. The normalized spacial score (nSPS) is 11.7. The summed E-state index contributed by atoms with van der Waals surface area (Å²) >= 11 is 1.66. The maximum atomic E-state index is 4.44. The Kier molecular flexibility index (Phi) is 5.90. The van der Waals surface area contributed by atoms with E-state index < -0.39 is 0 Å². The van der Waals surface area contributed by atoms with E-state index in [2.05, 4.69) is 37.8 Å². The van der Waals surface area contributed by atoms with E-state index in [1.165, 1.54) is 43.4 Å². The molecule has 1 aromatic heterocycles. The smallest absolute Gasteiger partial charge is 0.0765 e. The van der Waals surface area contributed by atoms with Gasteiger partial charge in [0.1, 0.15) is 0 Å². The zero-order chi connectivity index (χ0) is 12.7. The van der Waals surface area contributed by atoms with E-state index in [1.807, 2.05) is 6.08 Å². The summed E-state index contributed by atoms with van der Waals surface area (Å²) in [5, 5.41) is 0. The maximum absolute atomic E-state index is 4.44. The fourth-order valence-electron chi connectivity index (χ4n) is 2.17. The summed E-state index contributed by atoms with van der Waals surface area (Å²) in [7, 11) is 0. The van der Waals surface area contributed by atoms with Crippen LogP contribution >= 0.6 is 11.5 Å². The van der Waals surface area contributed by atoms with Crippen LogP contribution in [0.5, 0.6) is 0 Å². The van der Waals surface area contributed by atoms with Crippen molar-refractivity contribution < 1.29 is 0 Å². The number of hydrogen-bond acceptors (Lipinski definition) is 2. The second-order valence-electron chi connectivity index (χ2n) is 5.09. The van der Waals surface area contributed by atoms with Gasteiger partial charge >= 0.3 is 0 Å². The number of unbranched alkanes of at least 4 members (excludes halogenated alkanes) is 2. The Bertz CT molecular complexity index is 332. The molecule has 1 rings (SSSR count). The minimum absolute atomic E-state index is 0.324. The molecule has 0 saturated heterocycles. The van der Waals surface area contributed by atoms with E-state index in [4.69, 9.17) is 0 Å². The zero-order valence-electron chi connectivity index (χ0n) is 11.5. The van der Waals surface area contributed by atoms with Crippen LogP contribution in [0, 0.1) is 0 Å². The first-order chi connectivity index (χ1) is 8.16. The second-order valence-corrected chi connectivity index (χ2v) is 5.89. The van der Waals surface area contributed by atoms with E-state index in [0.717, 1.165) is 5.69 Å². The molecule has 1 nitrogen and oxygen atoms in total. The Hall–Kier alpha value is -0.630. The summed E-state index contributed by atoms with van der Waals surface area (Å²) < 4.78 is 4.44. The second kappa shape index (κ2) is 6.95. The van der Waals surface area contributed by atoms with E-state index in [1.54, 1.807) is 11.5 Å². The predicted octanol–water partition coefficient (Wildman–Crippen LogP) is 5.42. The lowest BCUT2D eigenvalue weighted by Crippen LogP contribution is -2.20. The van der Waals surface area contributed by atoms with Crippen LogP contribution in [-0.2, 0) is 5.41 Å². The van der Waals surface area contributed by atoms with Crippen LogP contribution in [0.15, 0.2) is 12.6 Å². The van der Waals surface area contributed by atoms with Crippen LogP contribution in [0.4, 0.5) is 0 Å². The summed E-state index contributed by atoms with van der Waals surface area (Å²) in [6.45, 7) is 10.7. The fourth-order valence-corrected chi connectivity index (χ4v) is 3.10. The van der Waals surface area contributed by atoms with E-state index in [9.17, 15) is 0 Å². The lowest BCUT2D eigenvalue weighted by atomic mass is 9.79. The van der Waals surface area contributed by atoms with Gasteiger partial charge < -0.3 is 0 Å². The third kappa shape index (κ3) is 3.95. The maximum Gasteiger partial charge on any atom is 0.0765 e. The molecule has 0 amide bonds. The highest BCUT2D eigenvalue weighted by atomic mass is 32.1. The van der Waals surface area contributed by atoms with Crippen molar-refractivity contribution in [2.45, 2.75) is 64.7 Å². The van der Waals surface area contributed by atoms with Crippen LogP contribution in [0.1, 0.15) is 69.9 Å². The molecule has 1 heterocycles. The third-order valence-electron chi connectivity index (χ3n) is 3.50. The van der Waals surface area contributed by atoms with Crippen molar-refractivity contribution in [3.63, 3.8) is 0 Å². The van der Waals surface area contributed by atoms with Crippen molar-refractivity contribution in [2.24, 2.45) is 0 Å². The summed E-state index contributed by atoms with van der Waals surface area (Å²) in [6.07, 6.45) is 9.57. The van der Waals surface area contributed by atoms with Gasteiger partial charge in [0.05, 0.1) is 5.69 Å². The Morgan fingerprint density at radius 1 is 1.29 bits per heavy atom. The van der Waals surface area contributed by atoms with Crippen molar-refractivity contribution in [3.8, 4) is 0 Å². The Morgan fingerprint density at radius 2 is 1.88 bits per heavy atom. The zero-order valence-corrected chi connectivity index (χ0v) is 12.3. The molecule has 0 unspecified atom stereocenters. The molecule has 96 valence electrons. The molecular weight excluding hydrogens is 226 g/mol. The number of aromatic nitrogens is 1. The summed E-state index contributed by atoms with van der Waals surface area (Å²) in [4.78, 5) is 1.44. The molecule has 0 aliphatic rings. The molecule has 0 aromatic carbocycles. The average molecular weight is 251 g/mol. The van der Waals surface area contributed by atoms with Crippen molar-refractivity contribution in [1.29, 1.82) is 0 Å². The van der Waals surface area contributed by atoms with Crippen LogP contribution in [-0.4, -0.2) is 4.37 Å². The molecule has 1 aromatic rings. The molecule has 2 heteroatoms. The van der Waals surface area contributed by atoms with Gasteiger partial charge in [0.15, 0.2) is 0 Å². The van der Waals surface area contributed by atoms with E-state index in [-0.39, 0.29) is 0 Å². The quantitative estimate of drug-likeness (QED) is 0.601. The molecular formula is C15H25NS. The van der Waals surface area contributed by atoms with Crippen LogP contribution in [0.2, 0.25) is 0 Å². The van der Waals surface area contributed by atoms with E-state index in [0.29, 0.717) is 5.41 Å². The van der Waals surface area contributed by atoms with E-state index >= 15 is 0 Å². The molecule has 0 spiro atoms. The van der Waals surface area contributed by atoms with Crippen molar-refractivity contribution >= 4 is 17.6 Å². The highest BCUT2D eigenvalue weighted by Crippen LogP contribution is 2.37. The van der Waals surface area contributed by atoms with Crippen molar-refractivity contribution in [3.05, 3.63) is 23.2 Å². The van der Waals surface area contributed by atoms with Gasteiger partial charge in [-0.15, -0.1) is 0 Å². The van der Waals surface area contributed by atoms with Gasteiger partial charge in [0.25, 0.3) is 0 Å². The van der Waals surface area contributed by atoms with Crippen LogP contribution in [0.25, 0.3) is 6.08 Å². The summed E-state index contributed by atoms with van der Waals surface area (Å²) in [6, 6.07) is 2.23. The van der Waals surface area contributed by atoms with Crippen molar-refractivity contribution in [1.82, 2.24) is 4.37 Å². The first-order valence-electron chi connectivity index (χ1n) is 6.76. The van der Waals surface area contributed by atoms with Crippen LogP contribution in [0.3, 0.4) is 0 Å². The third-order valence-corrected chi connectivity index (χ3v) is 4.61. The fraction of sp³-hybridized carbons (Fsp3) is 0.667. The minimum atomic E-state index is 0.324. The molecule has 0 bridgehead atoms. The van der Waals surface area contributed by atoms with Gasteiger partial charge in [0, 0.05) is 10.3 Å². The molecule has 0 N–H and O–H groups in total. The van der Waals surface area contributed by atoms with Gasteiger partial charge in [0.2, 0.25) is 0 Å². The van der Waals surface area contributed by atoms with Gasteiger partial charge in [-0.2, -0.15) is 4.37 Å². The summed E-state index contributed by atoms with van der Waals surface area (Å²) in [5.41, 5.74) is 1.36. The monoisotopic (exact) mass is 251 g/mol. The van der Waals surface area contributed by atoms with Crippen molar-refractivity contribution in [2.75, 3.05) is 0 Å². The first kappa shape index (κ1) is 14.4. The Labute approximate surface area is 110 Å². The molecule has 0 radical (unpaired) electrons. The standard InChI is InChI=1S/C15H25NS/c1-5-8-10-15(4,11-9-6-2)14-12-13(7-3)16-17-14/h7,12H,3,5-6,8-11H2,1-2,4H3. The number of rotatable bonds is 8. The topological polar surface area (TPSA) is 12.9 Å². The largest absolute Gasteiger partial charge is 0.193 e. The lowest BCUT2D eigenvalue weighted by molar-refractivity contribution is 0.381. The Balaban J connectivity index is 2.83. The van der Waals surface area contributed by atoms with Crippen LogP contribution < -0.4 is 0 Å². The SMILES string of the molecule is C=Cc1cc(C(C)(CCCC)CCCC)sn1. The van der Waals surface area contributed by atoms with Gasteiger partial charge in [-0.25, -0.2) is 0 Å². The predicted molar refractivity (Wildman–Crippen MR) is 78.6 cm³/mol. The van der Waals surface area contributed by atoms with Gasteiger partial charge in [-0.1, -0.05) is 53.0 Å². The molecule has 0 atom stereocenters. The van der Waals surface area contributed by atoms with Gasteiger partial charge in [-0.3, -0.25) is 0 Å². The molecule has 0 fully saturated rings. The molecule has 0 saturated carbocycles. The highest BCUT2D eigenvalue weighted by molar-refractivity contribution is 7.06. The average Bonchev–Trinajstić information content (AvgIpc) is 2.83. The molecule has 17 heavy (non-hydrogen) atoms. The first-order valence-corrected chi connectivity index (χ1v) is 7.53. The number of nitrogens with zero attached hydrogens (tertiary/aromatic N) is 1. The lowest BCUT2D eigenvalue weighted by Gasteiger charge is -2.28. The Morgan fingerprint density at radius 3 is 2.29 bits per heavy atom. The number of hydrogen-bond donors (Lipinski definition) is 0. The highest BCUT2D eigenvalue weighted by Gasteiger charge is 2.27. The summed E-state index contributed by atoms with van der Waals surface area (Å²) in [5.74, 6) is 0.